The number of thiophene rings is 1. The van der Waals surface area contributed by atoms with E-state index in [0.717, 1.165) is 10.4 Å². The lowest BCUT2D eigenvalue weighted by Gasteiger charge is -2.11. The van der Waals surface area contributed by atoms with Crippen molar-refractivity contribution in [3.05, 3.63) is 46.2 Å². The molecule has 0 fully saturated rings. The predicted octanol–water partition coefficient (Wildman–Crippen LogP) is 2.66. The van der Waals surface area contributed by atoms with Gasteiger partial charge in [-0.2, -0.15) is 0 Å². The summed E-state index contributed by atoms with van der Waals surface area (Å²) in [5.41, 5.74) is 0.868. The SMILES string of the molecule is OCCOc1ccc(OCCO)c(/C=C/c2cccs2)c1. The van der Waals surface area contributed by atoms with Crippen molar-refractivity contribution in [2.24, 2.45) is 0 Å². The first-order valence-electron chi connectivity index (χ1n) is 6.66. The van der Waals surface area contributed by atoms with Crippen LogP contribution in [0, 0.1) is 0 Å². The third-order valence-corrected chi connectivity index (χ3v) is 3.50. The number of benzene rings is 1. The van der Waals surface area contributed by atoms with Gasteiger partial charge in [0.1, 0.15) is 24.7 Å². The predicted molar refractivity (Wildman–Crippen MR) is 84.9 cm³/mol. The lowest BCUT2D eigenvalue weighted by Crippen LogP contribution is -2.04. The van der Waals surface area contributed by atoms with Crippen molar-refractivity contribution < 1.29 is 19.7 Å². The Labute approximate surface area is 127 Å². The highest BCUT2D eigenvalue weighted by molar-refractivity contribution is 7.10. The molecular formula is C16H18O4S. The van der Waals surface area contributed by atoms with Crippen LogP contribution in [0.15, 0.2) is 35.7 Å². The van der Waals surface area contributed by atoms with Gasteiger partial charge in [0, 0.05) is 10.4 Å². The summed E-state index contributed by atoms with van der Waals surface area (Å²) in [6, 6.07) is 9.46. The van der Waals surface area contributed by atoms with Gasteiger partial charge in [-0.1, -0.05) is 6.07 Å². The van der Waals surface area contributed by atoms with E-state index >= 15 is 0 Å². The van der Waals surface area contributed by atoms with Crippen LogP contribution in [0.2, 0.25) is 0 Å². The molecule has 0 aliphatic carbocycles. The first-order valence-corrected chi connectivity index (χ1v) is 7.54. The van der Waals surface area contributed by atoms with E-state index < -0.39 is 0 Å². The third-order valence-electron chi connectivity index (χ3n) is 2.66. The number of ether oxygens (including phenoxy) is 2. The largest absolute Gasteiger partial charge is 0.491 e. The van der Waals surface area contributed by atoms with E-state index in [1.807, 2.05) is 35.7 Å². The van der Waals surface area contributed by atoms with Gasteiger partial charge in [-0.25, -0.2) is 0 Å². The highest BCUT2D eigenvalue weighted by Crippen LogP contribution is 2.27. The molecule has 0 atom stereocenters. The van der Waals surface area contributed by atoms with Crippen molar-refractivity contribution in [3.8, 4) is 11.5 Å². The maximum Gasteiger partial charge on any atom is 0.126 e. The monoisotopic (exact) mass is 306 g/mol. The summed E-state index contributed by atoms with van der Waals surface area (Å²) in [5.74, 6) is 1.36. The summed E-state index contributed by atoms with van der Waals surface area (Å²) in [5, 5.41) is 19.7. The van der Waals surface area contributed by atoms with Crippen LogP contribution in [0.1, 0.15) is 10.4 Å². The van der Waals surface area contributed by atoms with Crippen molar-refractivity contribution >= 4 is 23.5 Å². The number of aliphatic hydroxyl groups excluding tert-OH is 2. The molecule has 4 nitrogen and oxygen atoms in total. The zero-order valence-corrected chi connectivity index (χ0v) is 12.4. The van der Waals surface area contributed by atoms with E-state index in [-0.39, 0.29) is 26.4 Å². The summed E-state index contributed by atoms with van der Waals surface area (Å²) in [6.07, 6.45) is 3.95. The van der Waals surface area contributed by atoms with Crippen LogP contribution in [0.25, 0.3) is 12.2 Å². The summed E-state index contributed by atoms with van der Waals surface area (Å²) in [7, 11) is 0. The Bertz CT molecular complexity index is 564. The minimum absolute atomic E-state index is 0.0247. The van der Waals surface area contributed by atoms with Crippen LogP contribution in [-0.2, 0) is 0 Å². The van der Waals surface area contributed by atoms with Crippen molar-refractivity contribution in [2.75, 3.05) is 26.4 Å². The second kappa shape index (κ2) is 8.46. The van der Waals surface area contributed by atoms with Gasteiger partial charge in [-0.15, -0.1) is 11.3 Å². The quantitative estimate of drug-likeness (QED) is 0.787. The average Bonchev–Trinajstić information content (AvgIpc) is 3.03. The van der Waals surface area contributed by atoms with Crippen LogP contribution < -0.4 is 9.47 Å². The smallest absolute Gasteiger partial charge is 0.126 e. The molecule has 2 rings (SSSR count). The Hall–Kier alpha value is -1.82. The molecule has 0 unspecified atom stereocenters. The van der Waals surface area contributed by atoms with Gasteiger partial charge in [0.05, 0.1) is 13.2 Å². The summed E-state index contributed by atoms with van der Waals surface area (Å²) >= 11 is 1.65. The van der Waals surface area contributed by atoms with E-state index in [1.54, 1.807) is 23.5 Å². The first-order chi connectivity index (χ1) is 10.3. The van der Waals surface area contributed by atoms with Crippen LogP contribution in [0.4, 0.5) is 0 Å². The van der Waals surface area contributed by atoms with Gasteiger partial charge in [0.2, 0.25) is 0 Å². The normalized spacial score (nSPS) is 11.0. The number of rotatable bonds is 8. The van der Waals surface area contributed by atoms with Gasteiger partial charge in [-0.3, -0.25) is 0 Å². The van der Waals surface area contributed by atoms with E-state index in [0.29, 0.717) is 11.5 Å². The Kier molecular flexibility index (Phi) is 6.27. The topological polar surface area (TPSA) is 58.9 Å². The van der Waals surface area contributed by atoms with E-state index in [1.165, 1.54) is 0 Å². The molecule has 0 spiro atoms. The van der Waals surface area contributed by atoms with Crippen molar-refractivity contribution in [1.29, 1.82) is 0 Å². The maximum atomic E-state index is 8.88. The molecule has 2 N–H and O–H groups in total. The van der Waals surface area contributed by atoms with Gasteiger partial charge in [0.15, 0.2) is 0 Å². The third kappa shape index (κ3) is 4.90. The van der Waals surface area contributed by atoms with E-state index in [4.69, 9.17) is 19.7 Å². The molecule has 5 heteroatoms. The van der Waals surface area contributed by atoms with Crippen LogP contribution >= 0.6 is 11.3 Å². The molecule has 0 saturated heterocycles. The molecule has 0 bridgehead atoms. The van der Waals surface area contributed by atoms with Gasteiger partial charge < -0.3 is 19.7 Å². The molecule has 0 aliphatic heterocycles. The standard InChI is InChI=1S/C16H18O4S/c17-7-9-19-14-4-6-16(20-10-8-18)13(12-14)3-5-15-2-1-11-21-15/h1-6,11-12,17-18H,7-10H2/b5-3+. The lowest BCUT2D eigenvalue weighted by atomic mass is 10.1. The molecule has 1 aromatic carbocycles. The summed E-state index contributed by atoms with van der Waals surface area (Å²) < 4.78 is 10.9. The fourth-order valence-corrected chi connectivity index (χ4v) is 2.37. The second-order valence-electron chi connectivity index (χ2n) is 4.19. The number of hydrogen-bond donors (Lipinski definition) is 2. The molecular weight excluding hydrogens is 288 g/mol. The fourth-order valence-electron chi connectivity index (χ4n) is 1.76. The van der Waals surface area contributed by atoms with E-state index in [2.05, 4.69) is 0 Å². The minimum Gasteiger partial charge on any atom is -0.491 e. The molecule has 0 aliphatic rings. The molecule has 0 amide bonds. The van der Waals surface area contributed by atoms with Crippen molar-refractivity contribution in [1.82, 2.24) is 0 Å². The Balaban J connectivity index is 2.19. The Morgan fingerprint density at radius 1 is 1.00 bits per heavy atom. The average molecular weight is 306 g/mol. The maximum absolute atomic E-state index is 8.88. The molecule has 2 aromatic rings. The minimum atomic E-state index is -0.0309. The Morgan fingerprint density at radius 3 is 2.52 bits per heavy atom. The summed E-state index contributed by atoms with van der Waals surface area (Å²) in [6.45, 7) is 0.446. The van der Waals surface area contributed by atoms with Gasteiger partial charge >= 0.3 is 0 Å². The summed E-state index contributed by atoms with van der Waals surface area (Å²) in [4.78, 5) is 1.14. The molecule has 0 radical (unpaired) electrons. The van der Waals surface area contributed by atoms with Crippen LogP contribution in [-0.4, -0.2) is 36.6 Å². The number of hydrogen-bond acceptors (Lipinski definition) is 5. The highest BCUT2D eigenvalue weighted by Gasteiger charge is 2.04. The molecule has 1 aromatic heterocycles. The van der Waals surface area contributed by atoms with Crippen molar-refractivity contribution in [2.45, 2.75) is 0 Å². The highest BCUT2D eigenvalue weighted by atomic mass is 32.1. The van der Waals surface area contributed by atoms with Crippen molar-refractivity contribution in [3.63, 3.8) is 0 Å². The van der Waals surface area contributed by atoms with Gasteiger partial charge in [-0.05, 0) is 41.8 Å². The van der Waals surface area contributed by atoms with Crippen LogP contribution in [0.5, 0.6) is 11.5 Å². The Morgan fingerprint density at radius 2 is 1.81 bits per heavy atom. The fraction of sp³-hybridized carbons (Fsp3) is 0.250. The number of aliphatic hydroxyl groups is 2. The zero-order chi connectivity index (χ0) is 14.9. The second-order valence-corrected chi connectivity index (χ2v) is 5.17. The zero-order valence-electron chi connectivity index (χ0n) is 11.6. The lowest BCUT2D eigenvalue weighted by molar-refractivity contribution is 0.197. The molecule has 21 heavy (non-hydrogen) atoms. The molecule has 1 heterocycles. The molecule has 112 valence electrons. The first kappa shape index (κ1) is 15.6. The molecule has 0 saturated carbocycles. The van der Waals surface area contributed by atoms with E-state index in [9.17, 15) is 0 Å². The van der Waals surface area contributed by atoms with Gasteiger partial charge in [0.25, 0.3) is 0 Å². The van der Waals surface area contributed by atoms with Crippen LogP contribution in [0.3, 0.4) is 0 Å².